The Bertz CT molecular complexity index is 256. The predicted molar refractivity (Wildman–Crippen MR) is 83.7 cm³/mol. The summed E-state index contributed by atoms with van der Waals surface area (Å²) in [5.41, 5.74) is 5.90. The zero-order valence-electron chi connectivity index (χ0n) is 13.9. The van der Waals surface area contributed by atoms with E-state index < -0.39 is 0 Å². The fraction of sp³-hybridized carbons (Fsp3) is 0.933. The van der Waals surface area contributed by atoms with Crippen molar-refractivity contribution in [3.63, 3.8) is 0 Å². The third-order valence-corrected chi connectivity index (χ3v) is 3.50. The van der Waals surface area contributed by atoms with Gasteiger partial charge in [0.15, 0.2) is 0 Å². The Morgan fingerprint density at radius 1 is 1.25 bits per heavy atom. The minimum absolute atomic E-state index is 0.0978. The average Bonchev–Trinajstić information content (AvgIpc) is 2.41. The highest BCUT2D eigenvalue weighted by Crippen LogP contribution is 2.09. The Morgan fingerprint density at radius 2 is 1.85 bits per heavy atom. The van der Waals surface area contributed by atoms with E-state index in [2.05, 4.69) is 18.7 Å². The van der Waals surface area contributed by atoms with Gasteiger partial charge in [-0.2, -0.15) is 0 Å². The molecule has 0 aliphatic heterocycles. The average molecular weight is 287 g/mol. The third-order valence-electron chi connectivity index (χ3n) is 3.50. The van der Waals surface area contributed by atoms with E-state index in [0.717, 1.165) is 26.2 Å². The van der Waals surface area contributed by atoms with E-state index in [9.17, 15) is 4.79 Å². The number of amides is 1. The van der Waals surface area contributed by atoms with Crippen LogP contribution in [0.1, 0.15) is 34.1 Å². The lowest BCUT2D eigenvalue weighted by Gasteiger charge is -2.33. The second-order valence-corrected chi connectivity index (χ2v) is 5.54. The molecule has 1 unspecified atom stereocenters. The summed E-state index contributed by atoms with van der Waals surface area (Å²) in [6.07, 6.45) is 0.495. The Morgan fingerprint density at radius 3 is 2.25 bits per heavy atom. The summed E-state index contributed by atoms with van der Waals surface area (Å²) in [6.45, 7) is 12.8. The minimum Gasteiger partial charge on any atom is -0.383 e. The molecule has 0 aromatic rings. The van der Waals surface area contributed by atoms with Gasteiger partial charge in [0.25, 0.3) is 0 Å². The van der Waals surface area contributed by atoms with Crippen LogP contribution in [0.3, 0.4) is 0 Å². The van der Waals surface area contributed by atoms with E-state index in [-0.39, 0.29) is 11.9 Å². The Labute approximate surface area is 124 Å². The Hall–Kier alpha value is -0.650. The highest BCUT2D eigenvalue weighted by molar-refractivity contribution is 5.76. The highest BCUT2D eigenvalue weighted by atomic mass is 16.5. The van der Waals surface area contributed by atoms with Gasteiger partial charge in [-0.25, -0.2) is 0 Å². The van der Waals surface area contributed by atoms with Crippen LogP contribution in [0, 0.1) is 5.92 Å². The van der Waals surface area contributed by atoms with Crippen LogP contribution in [0.5, 0.6) is 0 Å². The van der Waals surface area contributed by atoms with Crippen LogP contribution in [0.25, 0.3) is 0 Å². The number of carbonyl (C=O) groups excluding carboxylic acids is 1. The van der Waals surface area contributed by atoms with Gasteiger partial charge in [-0.15, -0.1) is 0 Å². The van der Waals surface area contributed by atoms with Gasteiger partial charge in [0.2, 0.25) is 5.91 Å². The molecule has 0 heterocycles. The normalized spacial score (nSPS) is 13.0. The molecule has 0 aromatic carbocycles. The number of nitrogens with zero attached hydrogens (tertiary/aromatic N) is 2. The lowest BCUT2D eigenvalue weighted by molar-refractivity contribution is -0.132. The molecule has 0 spiro atoms. The number of carbonyl (C=O) groups is 1. The molecule has 1 amide bonds. The number of ether oxygens (including phenoxy) is 1. The number of hydrogen-bond donors (Lipinski definition) is 1. The molecule has 0 saturated carbocycles. The molecule has 0 aliphatic rings. The Balaban J connectivity index is 4.66. The molecule has 0 fully saturated rings. The SMILES string of the molecule is CCN(CC)C(=O)CC(CN)N(CCOC)CC(C)C. The molecule has 20 heavy (non-hydrogen) atoms. The molecule has 0 rings (SSSR count). The van der Waals surface area contributed by atoms with E-state index >= 15 is 0 Å². The zero-order chi connectivity index (χ0) is 15.5. The van der Waals surface area contributed by atoms with Crippen LogP contribution in [-0.2, 0) is 9.53 Å². The minimum atomic E-state index is 0.0978. The van der Waals surface area contributed by atoms with Gasteiger partial charge in [-0.1, -0.05) is 13.8 Å². The smallest absolute Gasteiger partial charge is 0.224 e. The molecule has 0 bridgehead atoms. The topological polar surface area (TPSA) is 58.8 Å². The van der Waals surface area contributed by atoms with Gasteiger partial charge in [0.05, 0.1) is 6.61 Å². The first-order valence-electron chi connectivity index (χ1n) is 7.70. The maximum atomic E-state index is 12.3. The summed E-state index contributed by atoms with van der Waals surface area (Å²) in [5.74, 6) is 0.737. The first kappa shape index (κ1) is 19.4. The summed E-state index contributed by atoms with van der Waals surface area (Å²) < 4.78 is 5.17. The van der Waals surface area contributed by atoms with Crippen molar-refractivity contribution in [1.29, 1.82) is 0 Å². The van der Waals surface area contributed by atoms with Crippen LogP contribution in [-0.4, -0.2) is 68.2 Å². The third kappa shape index (κ3) is 7.22. The van der Waals surface area contributed by atoms with E-state index in [1.54, 1.807) is 7.11 Å². The van der Waals surface area contributed by atoms with Crippen molar-refractivity contribution in [2.75, 3.05) is 46.4 Å². The van der Waals surface area contributed by atoms with E-state index in [0.29, 0.717) is 25.5 Å². The molecule has 0 aromatic heterocycles. The van der Waals surface area contributed by atoms with Crippen molar-refractivity contribution in [3.05, 3.63) is 0 Å². The van der Waals surface area contributed by atoms with Crippen molar-refractivity contribution >= 4 is 5.91 Å². The highest BCUT2D eigenvalue weighted by Gasteiger charge is 2.22. The quantitative estimate of drug-likeness (QED) is 0.620. The number of rotatable bonds is 11. The van der Waals surface area contributed by atoms with Gasteiger partial charge >= 0.3 is 0 Å². The molecule has 5 heteroatoms. The summed E-state index contributed by atoms with van der Waals surface area (Å²) in [4.78, 5) is 16.4. The molecule has 2 N–H and O–H groups in total. The predicted octanol–water partition coefficient (Wildman–Crippen LogP) is 1.18. The molecule has 120 valence electrons. The fourth-order valence-corrected chi connectivity index (χ4v) is 2.37. The van der Waals surface area contributed by atoms with Crippen molar-refractivity contribution in [1.82, 2.24) is 9.80 Å². The lowest BCUT2D eigenvalue weighted by Crippen LogP contribution is -2.47. The zero-order valence-corrected chi connectivity index (χ0v) is 13.9. The first-order chi connectivity index (χ1) is 9.49. The standard InChI is InChI=1S/C15H33N3O2/c1-6-17(7-2)15(19)10-14(11-16)18(8-9-20-5)12-13(3)4/h13-14H,6-12,16H2,1-5H3. The number of methoxy groups -OCH3 is 1. The monoisotopic (exact) mass is 287 g/mol. The molecule has 0 radical (unpaired) electrons. The van der Waals surface area contributed by atoms with Gasteiger partial charge in [0, 0.05) is 52.3 Å². The molecular formula is C15H33N3O2. The molecule has 1 atom stereocenters. The number of nitrogens with two attached hydrogens (primary N) is 1. The van der Waals surface area contributed by atoms with Crippen LogP contribution >= 0.6 is 0 Å². The van der Waals surface area contributed by atoms with Gasteiger partial charge in [-0.3, -0.25) is 9.69 Å². The first-order valence-corrected chi connectivity index (χ1v) is 7.70. The summed E-state index contributed by atoms with van der Waals surface area (Å²) in [7, 11) is 1.70. The van der Waals surface area contributed by atoms with Crippen molar-refractivity contribution in [3.8, 4) is 0 Å². The van der Waals surface area contributed by atoms with Gasteiger partial charge in [-0.05, 0) is 19.8 Å². The van der Waals surface area contributed by atoms with E-state index in [4.69, 9.17) is 10.5 Å². The van der Waals surface area contributed by atoms with E-state index in [1.807, 2.05) is 18.7 Å². The summed E-state index contributed by atoms with van der Waals surface area (Å²) in [5, 5.41) is 0. The maximum absolute atomic E-state index is 12.3. The molecule has 0 saturated heterocycles. The van der Waals surface area contributed by atoms with Crippen molar-refractivity contribution in [2.24, 2.45) is 11.7 Å². The second kappa shape index (κ2) is 11.1. The summed E-state index contributed by atoms with van der Waals surface area (Å²) >= 11 is 0. The molecule has 0 aliphatic carbocycles. The molecular weight excluding hydrogens is 254 g/mol. The van der Waals surface area contributed by atoms with Crippen molar-refractivity contribution < 1.29 is 9.53 Å². The van der Waals surface area contributed by atoms with Crippen LogP contribution in [0.4, 0.5) is 0 Å². The van der Waals surface area contributed by atoms with Crippen LogP contribution in [0.15, 0.2) is 0 Å². The molecule has 5 nitrogen and oxygen atoms in total. The van der Waals surface area contributed by atoms with E-state index in [1.165, 1.54) is 0 Å². The Kier molecular flexibility index (Phi) is 10.7. The number of hydrogen-bond acceptors (Lipinski definition) is 4. The van der Waals surface area contributed by atoms with Gasteiger partial charge in [0.1, 0.15) is 0 Å². The van der Waals surface area contributed by atoms with Crippen LogP contribution < -0.4 is 5.73 Å². The van der Waals surface area contributed by atoms with Gasteiger partial charge < -0.3 is 15.4 Å². The largest absolute Gasteiger partial charge is 0.383 e. The second-order valence-electron chi connectivity index (χ2n) is 5.54. The fourth-order valence-electron chi connectivity index (χ4n) is 2.37. The maximum Gasteiger partial charge on any atom is 0.224 e. The van der Waals surface area contributed by atoms with Crippen LogP contribution in [0.2, 0.25) is 0 Å². The summed E-state index contributed by atoms with van der Waals surface area (Å²) in [6, 6.07) is 0.0978. The lowest BCUT2D eigenvalue weighted by atomic mass is 10.1. The van der Waals surface area contributed by atoms with Crippen molar-refractivity contribution in [2.45, 2.75) is 40.2 Å².